The third-order valence-corrected chi connectivity index (χ3v) is 2.99. The van der Waals surface area contributed by atoms with Crippen molar-refractivity contribution in [2.24, 2.45) is 0 Å². The molecule has 0 bridgehead atoms. The van der Waals surface area contributed by atoms with Crippen LogP contribution in [0.2, 0.25) is 5.02 Å². The molecule has 0 amide bonds. The van der Waals surface area contributed by atoms with E-state index in [9.17, 15) is 4.39 Å². The number of nitrogens with one attached hydrogen (secondary N) is 1. The van der Waals surface area contributed by atoms with Crippen LogP contribution in [0.15, 0.2) is 18.2 Å². The van der Waals surface area contributed by atoms with Crippen LogP contribution in [0.1, 0.15) is 12.0 Å². The summed E-state index contributed by atoms with van der Waals surface area (Å²) in [7, 11) is 3.55. The van der Waals surface area contributed by atoms with Crippen molar-refractivity contribution in [3.8, 4) is 0 Å². The maximum Gasteiger partial charge on any atom is 0.142 e. The van der Waals surface area contributed by atoms with Gasteiger partial charge in [0.05, 0.1) is 11.6 Å². The van der Waals surface area contributed by atoms with Gasteiger partial charge in [-0.3, -0.25) is 0 Å². The first kappa shape index (κ1) is 13.4. The van der Waals surface area contributed by atoms with Gasteiger partial charge in [-0.2, -0.15) is 0 Å². The molecule has 0 heterocycles. The molecule has 1 N–H and O–H groups in total. The molecule has 0 aromatic heterocycles. The van der Waals surface area contributed by atoms with Crippen molar-refractivity contribution in [2.45, 2.75) is 18.9 Å². The molecule has 0 fully saturated rings. The smallest absolute Gasteiger partial charge is 0.142 e. The molecule has 0 aliphatic rings. The van der Waals surface area contributed by atoms with Gasteiger partial charge < -0.3 is 10.1 Å². The van der Waals surface area contributed by atoms with Crippen molar-refractivity contribution in [2.75, 3.05) is 20.8 Å². The van der Waals surface area contributed by atoms with Gasteiger partial charge in [0.15, 0.2) is 0 Å². The maximum absolute atomic E-state index is 13.2. The predicted molar refractivity (Wildman–Crippen MR) is 64.5 cm³/mol. The molecule has 0 spiro atoms. The molecule has 1 aromatic carbocycles. The van der Waals surface area contributed by atoms with Crippen LogP contribution in [0.4, 0.5) is 4.39 Å². The monoisotopic (exact) mass is 245 g/mol. The maximum atomic E-state index is 13.2. The Kier molecular flexibility index (Phi) is 5.74. The Balaban J connectivity index is 2.56. The number of methoxy groups -OCH3 is 1. The van der Waals surface area contributed by atoms with Gasteiger partial charge in [0.1, 0.15) is 5.82 Å². The highest BCUT2D eigenvalue weighted by atomic mass is 35.5. The van der Waals surface area contributed by atoms with E-state index in [1.165, 1.54) is 6.07 Å². The standard InChI is InChI=1S/C12H17ClFNO/c1-15-10(8-16-2)7-6-9-4-3-5-11(14)12(9)13/h3-5,10,15H,6-8H2,1-2H3. The Hall–Kier alpha value is -0.640. The van der Waals surface area contributed by atoms with Crippen molar-refractivity contribution < 1.29 is 9.13 Å². The number of halogens is 2. The van der Waals surface area contributed by atoms with Crippen LogP contribution in [0.5, 0.6) is 0 Å². The topological polar surface area (TPSA) is 21.3 Å². The normalized spacial score (nSPS) is 12.8. The van der Waals surface area contributed by atoms with Crippen LogP contribution in [0.3, 0.4) is 0 Å². The van der Waals surface area contributed by atoms with Crippen LogP contribution in [-0.2, 0) is 11.2 Å². The van der Waals surface area contributed by atoms with E-state index in [1.807, 2.05) is 13.1 Å². The molecule has 1 unspecified atom stereocenters. The SMILES string of the molecule is CNC(CCc1cccc(F)c1Cl)COC. The fourth-order valence-electron chi connectivity index (χ4n) is 1.58. The van der Waals surface area contributed by atoms with E-state index in [0.29, 0.717) is 6.61 Å². The molecule has 0 radical (unpaired) electrons. The fraction of sp³-hybridized carbons (Fsp3) is 0.500. The second kappa shape index (κ2) is 6.84. The average molecular weight is 246 g/mol. The molecular formula is C12H17ClFNO. The van der Waals surface area contributed by atoms with Gasteiger partial charge in [-0.25, -0.2) is 4.39 Å². The summed E-state index contributed by atoms with van der Waals surface area (Å²) in [4.78, 5) is 0. The van der Waals surface area contributed by atoms with E-state index in [2.05, 4.69) is 5.32 Å². The second-order valence-electron chi connectivity index (χ2n) is 3.69. The number of ether oxygens (including phenoxy) is 1. The number of hydrogen-bond donors (Lipinski definition) is 1. The van der Waals surface area contributed by atoms with E-state index in [4.69, 9.17) is 16.3 Å². The number of hydrogen-bond acceptors (Lipinski definition) is 2. The van der Waals surface area contributed by atoms with E-state index in [0.717, 1.165) is 18.4 Å². The van der Waals surface area contributed by atoms with Crippen molar-refractivity contribution in [3.63, 3.8) is 0 Å². The fourth-order valence-corrected chi connectivity index (χ4v) is 1.80. The molecule has 1 atom stereocenters. The van der Waals surface area contributed by atoms with Gasteiger partial charge in [-0.05, 0) is 31.5 Å². The second-order valence-corrected chi connectivity index (χ2v) is 4.07. The Bertz CT molecular complexity index is 333. The van der Waals surface area contributed by atoms with E-state index in [1.54, 1.807) is 13.2 Å². The zero-order chi connectivity index (χ0) is 12.0. The zero-order valence-electron chi connectivity index (χ0n) is 9.59. The molecule has 1 rings (SSSR count). The van der Waals surface area contributed by atoms with E-state index < -0.39 is 0 Å². The average Bonchev–Trinajstić information content (AvgIpc) is 2.29. The molecule has 0 aliphatic carbocycles. The Morgan fingerprint density at radius 3 is 2.88 bits per heavy atom. The van der Waals surface area contributed by atoms with E-state index >= 15 is 0 Å². The number of aryl methyl sites for hydroxylation is 1. The van der Waals surface area contributed by atoms with Crippen LogP contribution in [0.25, 0.3) is 0 Å². The summed E-state index contributed by atoms with van der Waals surface area (Å²) in [5.74, 6) is -0.355. The Morgan fingerprint density at radius 2 is 2.25 bits per heavy atom. The highest BCUT2D eigenvalue weighted by molar-refractivity contribution is 6.31. The summed E-state index contributed by atoms with van der Waals surface area (Å²) in [6.07, 6.45) is 1.61. The van der Waals surface area contributed by atoms with Crippen LogP contribution in [0, 0.1) is 5.82 Å². The molecule has 16 heavy (non-hydrogen) atoms. The molecular weight excluding hydrogens is 229 g/mol. The van der Waals surface area contributed by atoms with Crippen LogP contribution >= 0.6 is 11.6 Å². The number of benzene rings is 1. The van der Waals surface area contributed by atoms with Gasteiger partial charge in [-0.1, -0.05) is 23.7 Å². The predicted octanol–water partition coefficient (Wildman–Crippen LogP) is 2.65. The number of rotatable bonds is 6. The molecule has 1 aromatic rings. The highest BCUT2D eigenvalue weighted by Gasteiger charge is 2.09. The Morgan fingerprint density at radius 1 is 1.50 bits per heavy atom. The molecule has 2 nitrogen and oxygen atoms in total. The van der Waals surface area contributed by atoms with Crippen molar-refractivity contribution >= 4 is 11.6 Å². The first-order chi connectivity index (χ1) is 7.69. The van der Waals surface area contributed by atoms with Gasteiger partial charge in [0.2, 0.25) is 0 Å². The van der Waals surface area contributed by atoms with Gasteiger partial charge in [-0.15, -0.1) is 0 Å². The minimum atomic E-state index is -0.355. The zero-order valence-corrected chi connectivity index (χ0v) is 10.4. The Labute approximate surface area is 101 Å². The van der Waals surface area contributed by atoms with Crippen LogP contribution < -0.4 is 5.32 Å². The summed E-state index contributed by atoms with van der Waals surface area (Å²) in [5.41, 5.74) is 0.845. The molecule has 0 saturated carbocycles. The summed E-state index contributed by atoms with van der Waals surface area (Å²) in [6.45, 7) is 0.642. The highest BCUT2D eigenvalue weighted by Crippen LogP contribution is 2.21. The van der Waals surface area contributed by atoms with Crippen molar-refractivity contribution in [3.05, 3.63) is 34.6 Å². The molecule has 0 saturated heterocycles. The van der Waals surface area contributed by atoms with Crippen molar-refractivity contribution in [1.82, 2.24) is 5.32 Å². The lowest BCUT2D eigenvalue weighted by Gasteiger charge is -2.15. The first-order valence-electron chi connectivity index (χ1n) is 5.28. The van der Waals surface area contributed by atoms with E-state index in [-0.39, 0.29) is 16.9 Å². The molecule has 0 aliphatic heterocycles. The molecule has 90 valence electrons. The third kappa shape index (κ3) is 3.74. The minimum Gasteiger partial charge on any atom is -0.383 e. The quantitative estimate of drug-likeness (QED) is 0.832. The summed E-state index contributed by atoms with van der Waals surface area (Å²) in [6, 6.07) is 5.17. The molecule has 4 heteroatoms. The van der Waals surface area contributed by atoms with Crippen LogP contribution in [-0.4, -0.2) is 26.8 Å². The van der Waals surface area contributed by atoms with Gasteiger partial charge in [0.25, 0.3) is 0 Å². The lowest BCUT2D eigenvalue weighted by molar-refractivity contribution is 0.166. The summed E-state index contributed by atoms with van der Waals surface area (Å²) >= 11 is 5.87. The summed E-state index contributed by atoms with van der Waals surface area (Å²) < 4.78 is 18.2. The summed E-state index contributed by atoms with van der Waals surface area (Å²) in [5, 5.41) is 3.38. The lowest BCUT2D eigenvalue weighted by atomic mass is 10.1. The number of likely N-dealkylation sites (N-methyl/N-ethyl adjacent to an activating group) is 1. The lowest BCUT2D eigenvalue weighted by Crippen LogP contribution is -2.30. The van der Waals surface area contributed by atoms with Gasteiger partial charge in [0, 0.05) is 13.2 Å². The minimum absolute atomic E-state index is 0.231. The largest absolute Gasteiger partial charge is 0.383 e. The van der Waals surface area contributed by atoms with Crippen molar-refractivity contribution in [1.29, 1.82) is 0 Å². The third-order valence-electron chi connectivity index (χ3n) is 2.57. The van der Waals surface area contributed by atoms with Gasteiger partial charge >= 0.3 is 0 Å². The first-order valence-corrected chi connectivity index (χ1v) is 5.66.